The van der Waals surface area contributed by atoms with E-state index in [-0.39, 0.29) is 0 Å². The second-order valence-electron chi connectivity index (χ2n) is 9.46. The van der Waals surface area contributed by atoms with Crippen molar-refractivity contribution >= 4 is 51.2 Å². The summed E-state index contributed by atoms with van der Waals surface area (Å²) in [6.07, 6.45) is 0. The van der Waals surface area contributed by atoms with Crippen LogP contribution >= 0.6 is 0 Å². The Hall–Kier alpha value is -5.21. The Balaban J connectivity index is 1.31. The molecule has 5 aromatic rings. The number of hydrogen-bond acceptors (Lipinski definition) is 4. The fraction of sp³-hybridized carbons (Fsp3) is 0.0606. The molecule has 5 aromatic carbocycles. The van der Waals surface area contributed by atoms with Gasteiger partial charge in [0.25, 0.3) is 0 Å². The second kappa shape index (κ2) is 9.02. The zero-order valence-electron chi connectivity index (χ0n) is 20.8. The van der Waals surface area contributed by atoms with Crippen LogP contribution in [-0.2, 0) is 0 Å². The van der Waals surface area contributed by atoms with Crippen LogP contribution in [0.15, 0.2) is 127 Å². The van der Waals surface area contributed by atoms with E-state index in [4.69, 9.17) is 6.57 Å². The summed E-state index contributed by atoms with van der Waals surface area (Å²) in [7, 11) is 0. The zero-order chi connectivity index (χ0) is 25.5. The van der Waals surface area contributed by atoms with Gasteiger partial charge in [-0.2, -0.15) is 0 Å². The van der Waals surface area contributed by atoms with Gasteiger partial charge in [-0.25, -0.2) is 4.85 Å². The molecule has 0 amide bonds. The van der Waals surface area contributed by atoms with Crippen molar-refractivity contribution < 1.29 is 0 Å². The second-order valence-corrected chi connectivity index (χ2v) is 9.46. The molecule has 0 saturated heterocycles. The van der Waals surface area contributed by atoms with Crippen molar-refractivity contribution in [1.29, 1.82) is 0 Å². The van der Waals surface area contributed by atoms with Crippen LogP contribution in [-0.4, -0.2) is 13.3 Å². The molecule has 38 heavy (non-hydrogen) atoms. The van der Waals surface area contributed by atoms with Crippen LogP contribution in [0.1, 0.15) is 0 Å². The van der Waals surface area contributed by atoms with Crippen LogP contribution in [0.2, 0.25) is 0 Å². The van der Waals surface area contributed by atoms with Crippen molar-refractivity contribution in [2.45, 2.75) is 0 Å². The first-order chi connectivity index (χ1) is 18.8. The minimum absolute atomic E-state index is 0.629. The summed E-state index contributed by atoms with van der Waals surface area (Å²) in [6.45, 7) is 9.24. The lowest BCUT2D eigenvalue weighted by Crippen LogP contribution is -2.25. The molecule has 5 heteroatoms. The first-order valence-corrected chi connectivity index (χ1v) is 12.7. The third-order valence-corrected chi connectivity index (χ3v) is 7.27. The van der Waals surface area contributed by atoms with E-state index in [1.165, 1.54) is 0 Å². The quantitative estimate of drug-likeness (QED) is 0.234. The summed E-state index contributed by atoms with van der Waals surface area (Å²) in [4.78, 5) is 13.1. The maximum Gasteiger partial charge on any atom is 0.191 e. The summed E-state index contributed by atoms with van der Waals surface area (Å²) < 4.78 is 0. The van der Waals surface area contributed by atoms with Crippen molar-refractivity contribution in [3.05, 3.63) is 139 Å². The summed E-state index contributed by atoms with van der Waals surface area (Å²) >= 11 is 0. The fourth-order valence-electron chi connectivity index (χ4n) is 5.48. The molecule has 2 heterocycles. The van der Waals surface area contributed by atoms with Gasteiger partial charge < -0.3 is 19.6 Å². The van der Waals surface area contributed by atoms with E-state index in [1.807, 2.05) is 24.3 Å². The molecule has 0 aromatic heterocycles. The lowest BCUT2D eigenvalue weighted by atomic mass is 10.2. The van der Waals surface area contributed by atoms with E-state index in [0.717, 1.165) is 45.5 Å². The van der Waals surface area contributed by atoms with Crippen LogP contribution in [0.5, 0.6) is 0 Å². The number of anilines is 8. The molecule has 2 aliphatic rings. The van der Waals surface area contributed by atoms with Gasteiger partial charge >= 0.3 is 0 Å². The molecule has 7 rings (SSSR count). The lowest BCUT2D eigenvalue weighted by molar-refractivity contribution is 0.978. The highest BCUT2D eigenvalue weighted by Gasteiger charge is 2.31. The number of nitrogens with zero attached hydrogens (tertiary/aromatic N) is 5. The molecule has 0 radical (unpaired) electrons. The molecule has 0 aliphatic carbocycles. The Morgan fingerprint density at radius 1 is 0.421 bits per heavy atom. The van der Waals surface area contributed by atoms with E-state index >= 15 is 0 Å². The lowest BCUT2D eigenvalue weighted by Gasteiger charge is -2.26. The van der Waals surface area contributed by atoms with Gasteiger partial charge in [0.2, 0.25) is 0 Å². The topological polar surface area (TPSA) is 17.3 Å². The molecule has 0 unspecified atom stereocenters. The Kier molecular flexibility index (Phi) is 5.23. The third-order valence-electron chi connectivity index (χ3n) is 7.27. The van der Waals surface area contributed by atoms with Gasteiger partial charge in [0, 0.05) is 22.7 Å². The maximum atomic E-state index is 7.88. The van der Waals surface area contributed by atoms with Gasteiger partial charge in [0.1, 0.15) is 13.3 Å². The largest absolute Gasteiger partial charge is 0.322 e. The average molecular weight is 492 g/mol. The monoisotopic (exact) mass is 491 g/mol. The van der Waals surface area contributed by atoms with Gasteiger partial charge in [-0.3, -0.25) is 0 Å². The number of para-hydroxylation sites is 6. The van der Waals surface area contributed by atoms with Crippen molar-refractivity contribution in [2.75, 3.05) is 32.9 Å². The number of hydrogen-bond donors (Lipinski definition) is 0. The molecule has 0 saturated carbocycles. The first-order valence-electron chi connectivity index (χ1n) is 12.7. The smallest absolute Gasteiger partial charge is 0.191 e. The van der Waals surface area contributed by atoms with Crippen LogP contribution in [0.25, 0.3) is 4.85 Å². The highest BCUT2D eigenvalue weighted by molar-refractivity contribution is 5.91. The van der Waals surface area contributed by atoms with Crippen LogP contribution in [0, 0.1) is 6.57 Å². The predicted octanol–water partition coefficient (Wildman–Crippen LogP) is 8.73. The van der Waals surface area contributed by atoms with E-state index in [0.29, 0.717) is 19.0 Å². The summed E-state index contributed by atoms with van der Waals surface area (Å²) in [5.41, 5.74) is 9.54. The van der Waals surface area contributed by atoms with Gasteiger partial charge in [0.05, 0.1) is 29.3 Å². The SMILES string of the molecule is [C-]#[N+]c1cc(N2CN(c3ccccc3)c3ccccc32)cc(N2CN(c3ccccc3)c3ccccc32)c1. The predicted molar refractivity (Wildman–Crippen MR) is 157 cm³/mol. The summed E-state index contributed by atoms with van der Waals surface area (Å²) in [5, 5.41) is 0. The molecular weight excluding hydrogens is 466 g/mol. The fourth-order valence-corrected chi connectivity index (χ4v) is 5.48. The third kappa shape index (κ3) is 3.63. The molecule has 0 atom stereocenters. The van der Waals surface area contributed by atoms with Crippen molar-refractivity contribution in [3.8, 4) is 0 Å². The van der Waals surface area contributed by atoms with E-state index < -0.39 is 0 Å². The highest BCUT2D eigenvalue weighted by atomic mass is 15.4. The zero-order valence-corrected chi connectivity index (χ0v) is 20.8. The van der Waals surface area contributed by atoms with Gasteiger partial charge in [-0.05, 0) is 66.7 Å². The molecule has 2 aliphatic heterocycles. The molecule has 182 valence electrons. The Labute approximate surface area is 222 Å². The van der Waals surface area contributed by atoms with Gasteiger partial charge in [0.15, 0.2) is 5.69 Å². The minimum atomic E-state index is 0.629. The number of fused-ring (bicyclic) bond motifs is 2. The normalized spacial score (nSPS) is 13.9. The molecule has 5 nitrogen and oxygen atoms in total. The molecule has 0 bridgehead atoms. The van der Waals surface area contributed by atoms with Crippen LogP contribution in [0.4, 0.5) is 51.2 Å². The Morgan fingerprint density at radius 3 is 1.13 bits per heavy atom. The van der Waals surface area contributed by atoms with Crippen LogP contribution < -0.4 is 19.6 Å². The molecule has 0 N–H and O–H groups in total. The molecular formula is C33H25N5. The van der Waals surface area contributed by atoms with Crippen molar-refractivity contribution in [1.82, 2.24) is 0 Å². The average Bonchev–Trinajstić information content (AvgIpc) is 3.58. The Bertz CT molecular complexity index is 1540. The van der Waals surface area contributed by atoms with E-state index in [1.54, 1.807) is 0 Å². The van der Waals surface area contributed by atoms with Gasteiger partial charge in [-0.1, -0.05) is 60.7 Å². The summed E-state index contributed by atoms with van der Waals surface area (Å²) in [5.74, 6) is 0. The van der Waals surface area contributed by atoms with Crippen molar-refractivity contribution in [2.24, 2.45) is 0 Å². The van der Waals surface area contributed by atoms with Gasteiger partial charge in [-0.15, -0.1) is 0 Å². The number of rotatable bonds is 4. The standard InChI is InChI=1S/C33H25N5/c1-34-25-20-28(37-23-35(26-12-4-2-5-13-26)30-16-8-10-18-32(30)37)22-29(21-25)38-24-36(27-14-6-3-7-15-27)31-17-9-11-19-33(31)38/h2-22H,23-24H2. The van der Waals surface area contributed by atoms with E-state index in [9.17, 15) is 0 Å². The molecule has 0 spiro atoms. The minimum Gasteiger partial charge on any atom is -0.322 e. The summed E-state index contributed by atoms with van der Waals surface area (Å²) in [6, 6.07) is 44.1. The Morgan fingerprint density at radius 2 is 0.763 bits per heavy atom. The van der Waals surface area contributed by atoms with Crippen LogP contribution in [0.3, 0.4) is 0 Å². The number of benzene rings is 5. The molecule has 0 fully saturated rings. The first kappa shape index (κ1) is 22.0. The highest BCUT2D eigenvalue weighted by Crippen LogP contribution is 2.48. The maximum absolute atomic E-state index is 7.88. The van der Waals surface area contributed by atoms with E-state index in [2.05, 4.69) is 128 Å². The van der Waals surface area contributed by atoms with Crippen molar-refractivity contribution in [3.63, 3.8) is 0 Å².